The molecule has 0 aliphatic carbocycles. The summed E-state index contributed by atoms with van der Waals surface area (Å²) in [7, 11) is 0. The van der Waals surface area contributed by atoms with Gasteiger partial charge in [0.25, 0.3) is 0 Å². The van der Waals surface area contributed by atoms with Gasteiger partial charge in [-0.05, 0) is 42.6 Å². The van der Waals surface area contributed by atoms with Crippen LogP contribution in [0.5, 0.6) is 0 Å². The van der Waals surface area contributed by atoms with E-state index in [9.17, 15) is 9.90 Å². The number of benzene rings is 2. The molecule has 0 spiro atoms. The zero-order chi connectivity index (χ0) is 17.4. The zero-order valence-corrected chi connectivity index (χ0v) is 14.5. The Balaban J connectivity index is 2.01. The summed E-state index contributed by atoms with van der Waals surface area (Å²) in [6.45, 7) is 2.86. The molecule has 124 valence electrons. The number of aromatic carboxylic acids is 1. The molecule has 0 saturated carbocycles. The first kappa shape index (κ1) is 15.6. The number of para-hydroxylation sites is 1. The minimum atomic E-state index is -0.938. The van der Waals surface area contributed by atoms with Gasteiger partial charge in [0.2, 0.25) is 0 Å². The second kappa shape index (κ2) is 6.18. The Morgan fingerprint density at radius 3 is 2.64 bits per heavy atom. The minimum Gasteiger partial charge on any atom is -0.478 e. The van der Waals surface area contributed by atoms with E-state index < -0.39 is 5.97 Å². The van der Waals surface area contributed by atoms with E-state index in [1.807, 2.05) is 24.3 Å². The molecule has 2 aromatic heterocycles. The summed E-state index contributed by atoms with van der Waals surface area (Å²) < 4.78 is 1.13. The molecule has 2 heterocycles. The molecule has 5 heteroatoms. The number of fused-ring (bicyclic) bond motifs is 3. The van der Waals surface area contributed by atoms with Crippen molar-refractivity contribution in [3.63, 3.8) is 0 Å². The van der Waals surface area contributed by atoms with Crippen LogP contribution in [0, 0.1) is 0 Å². The monoisotopic (exact) mass is 348 g/mol. The number of hydrogen-bond acceptors (Lipinski definition) is 4. The normalized spacial score (nSPS) is 11.1. The molecule has 25 heavy (non-hydrogen) atoms. The van der Waals surface area contributed by atoms with Crippen molar-refractivity contribution in [2.24, 2.45) is 0 Å². The average Bonchev–Trinajstić information content (AvgIpc) is 3.13. The molecule has 0 bridgehead atoms. The van der Waals surface area contributed by atoms with Gasteiger partial charge in [-0.15, -0.1) is 11.3 Å². The average molecular weight is 348 g/mol. The largest absolute Gasteiger partial charge is 0.478 e. The summed E-state index contributed by atoms with van der Waals surface area (Å²) in [5.41, 5.74) is 2.03. The molecule has 4 aromatic rings. The number of carbonyl (C=O) groups is 1. The second-order valence-electron chi connectivity index (χ2n) is 5.72. The lowest BCUT2D eigenvalue weighted by atomic mass is 10.1. The molecule has 4 nitrogen and oxygen atoms in total. The highest BCUT2D eigenvalue weighted by Crippen LogP contribution is 2.37. The van der Waals surface area contributed by atoms with Gasteiger partial charge in [0.05, 0.1) is 11.1 Å². The maximum Gasteiger partial charge on any atom is 0.335 e. The number of anilines is 2. The first-order valence-corrected chi connectivity index (χ1v) is 8.94. The van der Waals surface area contributed by atoms with Crippen LogP contribution < -0.4 is 4.90 Å². The van der Waals surface area contributed by atoms with Crippen molar-refractivity contribution in [2.75, 3.05) is 11.4 Å². The van der Waals surface area contributed by atoms with E-state index in [-0.39, 0.29) is 5.56 Å². The van der Waals surface area contributed by atoms with Gasteiger partial charge in [0.15, 0.2) is 0 Å². The van der Waals surface area contributed by atoms with Crippen molar-refractivity contribution in [1.82, 2.24) is 4.98 Å². The maximum atomic E-state index is 11.3. The fourth-order valence-corrected chi connectivity index (χ4v) is 4.01. The number of carboxylic acid groups (broad SMARTS) is 1. The van der Waals surface area contributed by atoms with E-state index in [1.165, 1.54) is 0 Å². The van der Waals surface area contributed by atoms with Crippen LogP contribution in [0.4, 0.5) is 11.5 Å². The van der Waals surface area contributed by atoms with E-state index in [4.69, 9.17) is 4.98 Å². The Labute approximate surface area is 149 Å². The fraction of sp³-hybridized carbons (Fsp3) is 0.100. The lowest BCUT2D eigenvalue weighted by Crippen LogP contribution is -2.17. The molecule has 0 unspecified atom stereocenters. The van der Waals surface area contributed by atoms with Gasteiger partial charge in [-0.1, -0.05) is 24.3 Å². The van der Waals surface area contributed by atoms with E-state index in [0.29, 0.717) is 5.52 Å². The fourth-order valence-electron chi connectivity index (χ4n) is 3.09. The summed E-state index contributed by atoms with van der Waals surface area (Å²) in [4.78, 5) is 18.3. The number of pyridine rings is 1. The number of rotatable bonds is 4. The summed E-state index contributed by atoms with van der Waals surface area (Å²) >= 11 is 1.65. The van der Waals surface area contributed by atoms with Crippen LogP contribution in [-0.2, 0) is 0 Å². The van der Waals surface area contributed by atoms with E-state index in [1.54, 1.807) is 23.5 Å². The lowest BCUT2D eigenvalue weighted by Gasteiger charge is -2.23. The van der Waals surface area contributed by atoms with Crippen LogP contribution in [0.2, 0.25) is 0 Å². The van der Waals surface area contributed by atoms with Crippen LogP contribution in [0.15, 0.2) is 60.0 Å². The number of carboxylic acids is 1. The van der Waals surface area contributed by atoms with Crippen molar-refractivity contribution >= 4 is 49.8 Å². The van der Waals surface area contributed by atoms with Crippen molar-refractivity contribution in [3.05, 3.63) is 65.5 Å². The predicted molar refractivity (Wildman–Crippen MR) is 103 cm³/mol. The van der Waals surface area contributed by atoms with E-state index in [0.717, 1.165) is 33.5 Å². The van der Waals surface area contributed by atoms with Crippen LogP contribution in [0.3, 0.4) is 0 Å². The van der Waals surface area contributed by atoms with Gasteiger partial charge < -0.3 is 10.0 Å². The molecule has 0 atom stereocenters. The topological polar surface area (TPSA) is 53.4 Å². The quantitative estimate of drug-likeness (QED) is 0.543. The number of nitrogens with zero attached hydrogens (tertiary/aromatic N) is 2. The predicted octanol–water partition coefficient (Wildman–Crippen LogP) is 5.31. The molecular formula is C20H16N2O2S. The Bertz CT molecular complexity index is 1070. The first-order valence-electron chi connectivity index (χ1n) is 8.06. The molecule has 2 aromatic carbocycles. The summed E-state index contributed by atoms with van der Waals surface area (Å²) in [6, 6.07) is 17.3. The van der Waals surface area contributed by atoms with Gasteiger partial charge in [-0.3, -0.25) is 0 Å². The SMILES string of the molecule is CCN(c1ccccc1)c1nc2cc(C(=O)O)ccc2c2sccc12. The molecular weight excluding hydrogens is 332 g/mol. The summed E-state index contributed by atoms with van der Waals surface area (Å²) in [6.07, 6.45) is 0. The highest BCUT2D eigenvalue weighted by atomic mass is 32.1. The van der Waals surface area contributed by atoms with Crippen molar-refractivity contribution in [2.45, 2.75) is 6.92 Å². The van der Waals surface area contributed by atoms with Gasteiger partial charge in [-0.2, -0.15) is 0 Å². The highest BCUT2D eigenvalue weighted by Gasteiger charge is 2.17. The smallest absolute Gasteiger partial charge is 0.335 e. The third-order valence-corrected chi connectivity index (χ3v) is 5.21. The molecule has 0 radical (unpaired) electrons. The van der Waals surface area contributed by atoms with E-state index in [2.05, 4.69) is 35.4 Å². The molecule has 0 aliphatic heterocycles. The van der Waals surface area contributed by atoms with E-state index >= 15 is 0 Å². The molecule has 0 fully saturated rings. The van der Waals surface area contributed by atoms with Gasteiger partial charge in [0, 0.05) is 27.7 Å². The van der Waals surface area contributed by atoms with Crippen LogP contribution >= 0.6 is 11.3 Å². The molecule has 0 amide bonds. The third kappa shape index (κ3) is 2.62. The van der Waals surface area contributed by atoms with Gasteiger partial charge in [0.1, 0.15) is 5.82 Å². The Hall–Kier alpha value is -2.92. The molecule has 0 saturated heterocycles. The molecule has 0 aliphatic rings. The molecule has 1 N–H and O–H groups in total. The van der Waals surface area contributed by atoms with Gasteiger partial charge in [-0.25, -0.2) is 9.78 Å². The maximum absolute atomic E-state index is 11.3. The van der Waals surface area contributed by atoms with Crippen molar-refractivity contribution in [1.29, 1.82) is 0 Å². The van der Waals surface area contributed by atoms with Crippen LogP contribution in [-0.4, -0.2) is 22.6 Å². The Kier molecular flexibility index (Phi) is 3.86. The first-order chi connectivity index (χ1) is 12.2. The number of aromatic nitrogens is 1. The Morgan fingerprint density at radius 2 is 1.92 bits per heavy atom. The number of thiophene rings is 1. The third-order valence-electron chi connectivity index (χ3n) is 4.26. The standard InChI is InChI=1S/C20H16N2O2S/c1-2-22(14-6-4-3-5-7-14)19-16-10-11-25-18(16)15-9-8-13(20(23)24)12-17(15)21-19/h3-12H,2H2,1H3,(H,23,24). The van der Waals surface area contributed by atoms with Crippen LogP contribution in [0.25, 0.3) is 21.0 Å². The highest BCUT2D eigenvalue weighted by molar-refractivity contribution is 7.18. The van der Waals surface area contributed by atoms with Gasteiger partial charge >= 0.3 is 5.97 Å². The zero-order valence-electron chi connectivity index (χ0n) is 13.6. The van der Waals surface area contributed by atoms with Crippen molar-refractivity contribution < 1.29 is 9.90 Å². The summed E-state index contributed by atoms with van der Waals surface area (Å²) in [5, 5.41) is 13.4. The molecule has 4 rings (SSSR count). The van der Waals surface area contributed by atoms with Crippen LogP contribution in [0.1, 0.15) is 17.3 Å². The lowest BCUT2D eigenvalue weighted by molar-refractivity contribution is 0.0697. The van der Waals surface area contributed by atoms with Crippen molar-refractivity contribution in [3.8, 4) is 0 Å². The Morgan fingerprint density at radius 1 is 1.12 bits per heavy atom. The number of hydrogen-bond donors (Lipinski definition) is 1. The summed E-state index contributed by atoms with van der Waals surface area (Å²) in [5.74, 6) is -0.0769. The minimum absolute atomic E-state index is 0.254. The second-order valence-corrected chi connectivity index (χ2v) is 6.63.